The molecule has 2 aromatic carbocycles. The highest BCUT2D eigenvalue weighted by Crippen LogP contribution is 2.26. The summed E-state index contributed by atoms with van der Waals surface area (Å²) in [4.78, 5) is 35.7. The van der Waals surface area contributed by atoms with Crippen molar-refractivity contribution in [2.24, 2.45) is 0 Å². The van der Waals surface area contributed by atoms with Gasteiger partial charge in [-0.15, -0.1) is 11.8 Å². The van der Waals surface area contributed by atoms with E-state index in [0.717, 1.165) is 11.0 Å². The van der Waals surface area contributed by atoms with Crippen LogP contribution < -0.4 is 10.6 Å². The van der Waals surface area contributed by atoms with Crippen LogP contribution in [0.15, 0.2) is 65.1 Å². The molecule has 0 aliphatic carbocycles. The van der Waals surface area contributed by atoms with E-state index < -0.39 is 11.9 Å². The van der Waals surface area contributed by atoms with Crippen molar-refractivity contribution in [2.75, 3.05) is 10.6 Å². The van der Waals surface area contributed by atoms with Gasteiger partial charge in [0.2, 0.25) is 11.8 Å². The van der Waals surface area contributed by atoms with Crippen LogP contribution in [-0.4, -0.2) is 28.1 Å². The quantitative estimate of drug-likeness (QED) is 0.456. The number of thioether (sulfide) groups is 1. The van der Waals surface area contributed by atoms with Crippen LogP contribution in [0.3, 0.4) is 0 Å². The second-order valence-corrected chi connectivity index (χ2v) is 7.76. The second kappa shape index (κ2) is 9.96. The summed E-state index contributed by atoms with van der Waals surface area (Å²) < 4.78 is 0. The molecule has 146 valence electrons. The molecule has 0 aliphatic heterocycles. The summed E-state index contributed by atoms with van der Waals surface area (Å²) in [6.45, 7) is 3.14. The predicted molar refractivity (Wildman–Crippen MR) is 112 cm³/mol. The van der Waals surface area contributed by atoms with E-state index in [4.69, 9.17) is 16.7 Å². The highest BCUT2D eigenvalue weighted by Gasteiger charge is 2.15. The van der Waals surface area contributed by atoms with Crippen molar-refractivity contribution >= 4 is 52.5 Å². The van der Waals surface area contributed by atoms with E-state index in [0.29, 0.717) is 16.4 Å². The number of anilines is 2. The van der Waals surface area contributed by atoms with Crippen molar-refractivity contribution in [1.29, 1.82) is 0 Å². The number of carboxylic acids is 1. The van der Waals surface area contributed by atoms with Gasteiger partial charge in [-0.25, -0.2) is 4.79 Å². The lowest BCUT2D eigenvalue weighted by molar-refractivity contribution is -0.132. The van der Waals surface area contributed by atoms with E-state index in [-0.39, 0.29) is 16.7 Å². The third-order valence-electron chi connectivity index (χ3n) is 3.58. The van der Waals surface area contributed by atoms with E-state index in [2.05, 4.69) is 10.6 Å². The van der Waals surface area contributed by atoms with Gasteiger partial charge in [0.05, 0.1) is 5.25 Å². The van der Waals surface area contributed by atoms with Gasteiger partial charge in [0.25, 0.3) is 0 Å². The molecule has 0 radical (unpaired) electrons. The zero-order valence-corrected chi connectivity index (χ0v) is 16.8. The Bertz CT molecular complexity index is 913. The summed E-state index contributed by atoms with van der Waals surface area (Å²) in [5.74, 6) is -1.82. The van der Waals surface area contributed by atoms with Gasteiger partial charge in [-0.05, 0) is 56.3 Å². The number of hydrogen-bond donors (Lipinski definition) is 3. The summed E-state index contributed by atoms with van der Waals surface area (Å²) in [7, 11) is 0. The first-order valence-electron chi connectivity index (χ1n) is 8.30. The number of halogens is 1. The summed E-state index contributed by atoms with van der Waals surface area (Å²) in [6.07, 6.45) is 1.02. The van der Waals surface area contributed by atoms with Gasteiger partial charge in [-0.1, -0.05) is 17.7 Å². The first-order chi connectivity index (χ1) is 13.2. The lowest BCUT2D eigenvalue weighted by Gasteiger charge is -2.12. The van der Waals surface area contributed by atoms with Gasteiger partial charge in [0.1, 0.15) is 0 Å². The number of carbonyl (C=O) groups is 3. The van der Waals surface area contributed by atoms with Crippen LogP contribution in [0.1, 0.15) is 13.8 Å². The normalized spacial score (nSPS) is 12.2. The highest BCUT2D eigenvalue weighted by molar-refractivity contribution is 8.00. The summed E-state index contributed by atoms with van der Waals surface area (Å²) >= 11 is 7.28. The van der Waals surface area contributed by atoms with E-state index in [9.17, 15) is 14.4 Å². The Labute approximate surface area is 172 Å². The third kappa shape index (κ3) is 6.75. The molecule has 2 aromatic rings. The lowest BCUT2D eigenvalue weighted by atomic mass is 10.2. The topological polar surface area (TPSA) is 95.5 Å². The van der Waals surface area contributed by atoms with Gasteiger partial charge >= 0.3 is 5.97 Å². The highest BCUT2D eigenvalue weighted by atomic mass is 35.5. The van der Waals surface area contributed by atoms with E-state index in [1.807, 2.05) is 0 Å². The molecule has 0 saturated carbocycles. The SMILES string of the molecule is C/C(=C\C(=O)Nc1ccc(S[C@H](C)C(=O)Nc2cccc(Cl)c2)cc1)C(=O)O. The molecule has 0 aliphatic rings. The number of nitrogens with one attached hydrogen (secondary N) is 2. The fourth-order valence-electron chi connectivity index (χ4n) is 2.12. The molecule has 0 aromatic heterocycles. The Balaban J connectivity index is 1.92. The molecule has 6 nitrogen and oxygen atoms in total. The van der Waals surface area contributed by atoms with Crippen LogP contribution in [-0.2, 0) is 14.4 Å². The van der Waals surface area contributed by atoms with Gasteiger partial charge in [0, 0.05) is 32.9 Å². The molecule has 8 heteroatoms. The van der Waals surface area contributed by atoms with E-state index in [1.165, 1.54) is 18.7 Å². The molecular weight excluding hydrogens is 400 g/mol. The van der Waals surface area contributed by atoms with E-state index in [1.54, 1.807) is 55.5 Å². The number of carboxylic acid groups (broad SMARTS) is 1. The average Bonchev–Trinajstić information content (AvgIpc) is 2.63. The van der Waals surface area contributed by atoms with Crippen LogP contribution in [0.4, 0.5) is 11.4 Å². The van der Waals surface area contributed by atoms with Crippen LogP contribution in [0.25, 0.3) is 0 Å². The van der Waals surface area contributed by atoms with Crippen molar-refractivity contribution in [3.63, 3.8) is 0 Å². The first-order valence-corrected chi connectivity index (χ1v) is 9.56. The van der Waals surface area contributed by atoms with Gasteiger partial charge in [-0.3, -0.25) is 9.59 Å². The third-order valence-corrected chi connectivity index (χ3v) is 4.93. The Morgan fingerprint density at radius 2 is 1.75 bits per heavy atom. The number of carbonyl (C=O) groups excluding carboxylic acids is 2. The van der Waals surface area contributed by atoms with Crippen LogP contribution in [0.5, 0.6) is 0 Å². The summed E-state index contributed by atoms with van der Waals surface area (Å²) in [5, 5.41) is 14.4. The van der Waals surface area contributed by atoms with Crippen LogP contribution in [0, 0.1) is 0 Å². The minimum atomic E-state index is -1.15. The number of amides is 2. The maximum atomic E-state index is 12.3. The zero-order valence-electron chi connectivity index (χ0n) is 15.2. The van der Waals surface area contributed by atoms with Crippen molar-refractivity contribution in [3.8, 4) is 0 Å². The van der Waals surface area contributed by atoms with Crippen molar-refractivity contribution in [1.82, 2.24) is 0 Å². The van der Waals surface area contributed by atoms with Gasteiger partial charge in [-0.2, -0.15) is 0 Å². The molecule has 0 saturated heterocycles. The van der Waals surface area contributed by atoms with Crippen LogP contribution >= 0.6 is 23.4 Å². The van der Waals surface area contributed by atoms with Gasteiger partial charge in [0.15, 0.2) is 0 Å². The predicted octanol–water partition coefficient (Wildman–Crippen LogP) is 4.43. The number of hydrogen-bond acceptors (Lipinski definition) is 4. The minimum absolute atomic E-state index is 0.0517. The summed E-state index contributed by atoms with van der Waals surface area (Å²) in [6, 6.07) is 13.9. The molecule has 0 fully saturated rings. The molecule has 0 unspecified atom stereocenters. The molecular formula is C20H19ClN2O4S. The molecule has 2 rings (SSSR count). The summed E-state index contributed by atoms with van der Waals surface area (Å²) in [5.41, 5.74) is 1.11. The molecule has 0 spiro atoms. The fraction of sp³-hybridized carbons (Fsp3) is 0.150. The Morgan fingerprint density at radius 1 is 1.07 bits per heavy atom. The average molecular weight is 419 g/mol. The Morgan fingerprint density at radius 3 is 2.36 bits per heavy atom. The number of benzene rings is 2. The van der Waals surface area contributed by atoms with E-state index >= 15 is 0 Å². The van der Waals surface area contributed by atoms with Crippen LogP contribution in [0.2, 0.25) is 5.02 Å². The van der Waals surface area contributed by atoms with Gasteiger partial charge < -0.3 is 15.7 Å². The fourth-order valence-corrected chi connectivity index (χ4v) is 3.18. The molecule has 28 heavy (non-hydrogen) atoms. The van der Waals surface area contributed by atoms with Crippen molar-refractivity contribution in [3.05, 3.63) is 65.2 Å². The van der Waals surface area contributed by atoms with Crippen molar-refractivity contribution in [2.45, 2.75) is 24.0 Å². The Kier molecular flexibility index (Phi) is 7.66. The number of rotatable bonds is 7. The standard InChI is InChI=1S/C20H19ClN2O4S/c1-12(20(26)27)10-18(24)22-15-6-8-17(9-7-15)28-13(2)19(25)23-16-5-3-4-14(21)11-16/h3-11,13H,1-2H3,(H,22,24)(H,23,25)(H,26,27)/b12-10+/t13-/m1/s1. The minimum Gasteiger partial charge on any atom is -0.478 e. The first kappa shape index (κ1) is 21.5. The van der Waals surface area contributed by atoms with Crippen molar-refractivity contribution < 1.29 is 19.5 Å². The maximum Gasteiger partial charge on any atom is 0.331 e. The number of aliphatic carboxylic acids is 1. The molecule has 3 N–H and O–H groups in total. The zero-order chi connectivity index (χ0) is 20.7. The lowest BCUT2D eigenvalue weighted by Crippen LogP contribution is -2.22. The molecule has 2 amide bonds. The second-order valence-electron chi connectivity index (χ2n) is 5.91. The monoisotopic (exact) mass is 418 g/mol. The largest absolute Gasteiger partial charge is 0.478 e. The smallest absolute Gasteiger partial charge is 0.331 e. The molecule has 0 heterocycles. The Hall–Kier alpha value is -2.77. The molecule has 0 bridgehead atoms. The maximum absolute atomic E-state index is 12.3. The molecule has 1 atom stereocenters.